The first-order chi connectivity index (χ1) is 11.1. The molecule has 0 aromatic heterocycles. The van der Waals surface area contributed by atoms with E-state index in [4.69, 9.17) is 9.94 Å². The molecule has 0 aromatic rings. The zero-order chi connectivity index (χ0) is 17.3. The van der Waals surface area contributed by atoms with E-state index in [1.54, 1.807) is 0 Å². The maximum Gasteiger partial charge on any atom is 0.440 e. The SMILES string of the molecule is CCCCCCCCCCCCC(=O)ON(CCCC)C(=O)O. The van der Waals surface area contributed by atoms with Crippen LogP contribution in [0.15, 0.2) is 0 Å². The normalized spacial score (nSPS) is 10.5. The highest BCUT2D eigenvalue weighted by Gasteiger charge is 2.16. The molecule has 0 saturated carbocycles. The zero-order valence-electron chi connectivity index (χ0n) is 15.0. The second-order valence-corrected chi connectivity index (χ2v) is 6.13. The molecule has 0 heterocycles. The average molecular weight is 329 g/mol. The lowest BCUT2D eigenvalue weighted by Gasteiger charge is -2.17. The minimum absolute atomic E-state index is 0.246. The molecule has 0 saturated heterocycles. The molecule has 1 amide bonds. The van der Waals surface area contributed by atoms with Gasteiger partial charge in [0.1, 0.15) is 0 Å². The Balaban J connectivity index is 3.53. The standard InChI is InChI=1S/C18H35NO4/c1-3-5-7-8-9-10-11-12-13-14-15-17(20)23-19(18(21)22)16-6-4-2/h3-16H2,1-2H3,(H,21,22). The molecule has 0 aromatic carbocycles. The van der Waals surface area contributed by atoms with Crippen molar-refractivity contribution in [1.82, 2.24) is 5.06 Å². The number of carbonyl (C=O) groups excluding carboxylic acids is 1. The van der Waals surface area contributed by atoms with E-state index in [2.05, 4.69) is 6.92 Å². The van der Waals surface area contributed by atoms with Crippen LogP contribution in [0.3, 0.4) is 0 Å². The molecule has 0 aliphatic rings. The van der Waals surface area contributed by atoms with Crippen molar-refractivity contribution in [2.24, 2.45) is 0 Å². The van der Waals surface area contributed by atoms with E-state index >= 15 is 0 Å². The van der Waals surface area contributed by atoms with Gasteiger partial charge in [-0.1, -0.05) is 78.1 Å². The van der Waals surface area contributed by atoms with Crippen LogP contribution in [0.5, 0.6) is 0 Å². The summed E-state index contributed by atoms with van der Waals surface area (Å²) in [7, 11) is 0. The summed E-state index contributed by atoms with van der Waals surface area (Å²) in [5.41, 5.74) is 0. The quantitative estimate of drug-likeness (QED) is 0.336. The van der Waals surface area contributed by atoms with Crippen LogP contribution in [-0.2, 0) is 9.63 Å². The molecule has 0 rings (SSSR count). The molecule has 0 spiro atoms. The Kier molecular flexibility index (Phi) is 14.8. The highest BCUT2D eigenvalue weighted by atomic mass is 16.7. The van der Waals surface area contributed by atoms with Crippen molar-refractivity contribution in [1.29, 1.82) is 0 Å². The van der Waals surface area contributed by atoms with Crippen LogP contribution in [0.2, 0.25) is 0 Å². The number of nitrogens with zero attached hydrogens (tertiary/aromatic N) is 1. The molecule has 0 fully saturated rings. The molecular formula is C18H35NO4. The van der Waals surface area contributed by atoms with Crippen LogP contribution in [0, 0.1) is 0 Å². The fourth-order valence-electron chi connectivity index (χ4n) is 2.41. The van der Waals surface area contributed by atoms with Gasteiger partial charge in [-0.15, -0.1) is 5.06 Å². The maximum absolute atomic E-state index is 11.6. The molecule has 0 bridgehead atoms. The van der Waals surface area contributed by atoms with Gasteiger partial charge in [-0.3, -0.25) is 0 Å². The summed E-state index contributed by atoms with van der Waals surface area (Å²) < 4.78 is 0. The van der Waals surface area contributed by atoms with Gasteiger partial charge in [0.05, 0.1) is 6.54 Å². The van der Waals surface area contributed by atoms with Gasteiger partial charge < -0.3 is 9.94 Å². The van der Waals surface area contributed by atoms with Crippen LogP contribution in [0.25, 0.3) is 0 Å². The summed E-state index contributed by atoms with van der Waals surface area (Å²) in [5, 5.41) is 9.70. The van der Waals surface area contributed by atoms with Crippen LogP contribution in [0.1, 0.15) is 97.3 Å². The number of carboxylic acid groups (broad SMARTS) is 1. The number of carbonyl (C=O) groups is 2. The zero-order valence-corrected chi connectivity index (χ0v) is 15.0. The molecule has 5 nitrogen and oxygen atoms in total. The van der Waals surface area contributed by atoms with Crippen molar-refractivity contribution < 1.29 is 19.5 Å². The van der Waals surface area contributed by atoms with Crippen LogP contribution < -0.4 is 0 Å². The van der Waals surface area contributed by atoms with E-state index in [0.29, 0.717) is 12.8 Å². The second-order valence-electron chi connectivity index (χ2n) is 6.13. The summed E-state index contributed by atoms with van der Waals surface area (Å²) in [4.78, 5) is 27.5. The summed E-state index contributed by atoms with van der Waals surface area (Å²) in [5.74, 6) is -0.442. The van der Waals surface area contributed by atoms with Gasteiger partial charge in [0.2, 0.25) is 0 Å². The smallest absolute Gasteiger partial charge is 0.440 e. The highest BCUT2D eigenvalue weighted by molar-refractivity contribution is 5.72. The van der Waals surface area contributed by atoms with Gasteiger partial charge in [-0.2, -0.15) is 0 Å². The fraction of sp³-hybridized carbons (Fsp3) is 0.889. The van der Waals surface area contributed by atoms with Crippen LogP contribution in [0.4, 0.5) is 4.79 Å². The van der Waals surface area contributed by atoms with E-state index in [0.717, 1.165) is 30.7 Å². The number of hydrogen-bond acceptors (Lipinski definition) is 3. The predicted molar refractivity (Wildman–Crippen MR) is 92.2 cm³/mol. The molecule has 5 heteroatoms. The number of hydrogen-bond donors (Lipinski definition) is 1. The third-order valence-corrected chi connectivity index (χ3v) is 3.87. The highest BCUT2D eigenvalue weighted by Crippen LogP contribution is 2.11. The number of amides is 1. The van der Waals surface area contributed by atoms with Gasteiger partial charge in [0, 0.05) is 6.42 Å². The van der Waals surface area contributed by atoms with E-state index in [9.17, 15) is 9.59 Å². The molecule has 0 aliphatic heterocycles. The Morgan fingerprint density at radius 2 is 1.26 bits per heavy atom. The van der Waals surface area contributed by atoms with Gasteiger partial charge in [0.25, 0.3) is 0 Å². The summed E-state index contributed by atoms with van der Waals surface area (Å²) >= 11 is 0. The summed E-state index contributed by atoms with van der Waals surface area (Å²) in [6, 6.07) is 0. The monoisotopic (exact) mass is 329 g/mol. The van der Waals surface area contributed by atoms with Crippen molar-refractivity contribution in [3.63, 3.8) is 0 Å². The first kappa shape index (κ1) is 21.7. The fourth-order valence-corrected chi connectivity index (χ4v) is 2.41. The van der Waals surface area contributed by atoms with Crippen molar-refractivity contribution in [3.05, 3.63) is 0 Å². The Labute approximate surface area is 141 Å². The Hall–Kier alpha value is -1.26. The third kappa shape index (κ3) is 14.1. The molecule has 136 valence electrons. The molecule has 1 N–H and O–H groups in total. The van der Waals surface area contributed by atoms with E-state index < -0.39 is 12.1 Å². The summed E-state index contributed by atoms with van der Waals surface area (Å²) in [6.45, 7) is 4.44. The number of unbranched alkanes of at least 4 members (excludes halogenated alkanes) is 10. The lowest BCUT2D eigenvalue weighted by molar-refractivity contribution is -0.180. The van der Waals surface area contributed by atoms with E-state index in [-0.39, 0.29) is 6.54 Å². The van der Waals surface area contributed by atoms with Gasteiger partial charge in [0.15, 0.2) is 0 Å². The summed E-state index contributed by atoms with van der Waals surface area (Å²) in [6.07, 6.45) is 12.7. The van der Waals surface area contributed by atoms with Crippen molar-refractivity contribution in [2.45, 2.75) is 97.3 Å². The number of rotatable bonds is 14. The minimum Gasteiger partial charge on any atom is -0.463 e. The molecule has 0 atom stereocenters. The molecular weight excluding hydrogens is 294 g/mol. The third-order valence-electron chi connectivity index (χ3n) is 3.87. The largest absolute Gasteiger partial charge is 0.463 e. The second kappa shape index (κ2) is 15.6. The molecule has 23 heavy (non-hydrogen) atoms. The van der Waals surface area contributed by atoms with Gasteiger partial charge in [-0.05, 0) is 12.8 Å². The number of hydroxylamine groups is 2. The Morgan fingerprint density at radius 1 is 0.783 bits per heavy atom. The van der Waals surface area contributed by atoms with Crippen LogP contribution >= 0.6 is 0 Å². The molecule has 0 radical (unpaired) electrons. The average Bonchev–Trinajstić information content (AvgIpc) is 2.53. The first-order valence-corrected chi connectivity index (χ1v) is 9.33. The van der Waals surface area contributed by atoms with Gasteiger partial charge >= 0.3 is 12.1 Å². The van der Waals surface area contributed by atoms with Gasteiger partial charge in [-0.25, -0.2) is 9.59 Å². The van der Waals surface area contributed by atoms with Crippen molar-refractivity contribution >= 4 is 12.1 Å². The van der Waals surface area contributed by atoms with E-state index in [1.807, 2.05) is 6.92 Å². The minimum atomic E-state index is -1.20. The molecule has 0 unspecified atom stereocenters. The maximum atomic E-state index is 11.6. The Bertz CT molecular complexity index is 307. The molecule has 0 aliphatic carbocycles. The predicted octanol–water partition coefficient (Wildman–Crippen LogP) is 5.54. The van der Waals surface area contributed by atoms with E-state index in [1.165, 1.54) is 44.9 Å². The lowest BCUT2D eigenvalue weighted by atomic mass is 10.1. The van der Waals surface area contributed by atoms with Crippen LogP contribution in [-0.4, -0.2) is 28.8 Å². The van der Waals surface area contributed by atoms with Crippen molar-refractivity contribution in [3.8, 4) is 0 Å². The lowest BCUT2D eigenvalue weighted by Crippen LogP contribution is -2.33. The van der Waals surface area contributed by atoms with Crippen molar-refractivity contribution in [2.75, 3.05) is 6.54 Å². The Morgan fingerprint density at radius 3 is 1.74 bits per heavy atom. The first-order valence-electron chi connectivity index (χ1n) is 9.33. The topological polar surface area (TPSA) is 66.8 Å².